The van der Waals surface area contributed by atoms with E-state index in [1.54, 1.807) is 24.0 Å². The summed E-state index contributed by atoms with van der Waals surface area (Å²) in [6.45, 7) is 4.26. The number of ether oxygens (including phenoxy) is 2. The zero-order valence-electron chi connectivity index (χ0n) is 9.89. The summed E-state index contributed by atoms with van der Waals surface area (Å²) in [5, 5.41) is 0. The lowest BCUT2D eigenvalue weighted by molar-refractivity contribution is -0.142. The molecule has 1 atom stereocenters. The number of rotatable bonds is 3. The van der Waals surface area contributed by atoms with Gasteiger partial charge in [-0.2, -0.15) is 0 Å². The predicted octanol–water partition coefficient (Wildman–Crippen LogP) is 1.11. The van der Waals surface area contributed by atoms with Crippen LogP contribution >= 0.6 is 0 Å². The molecule has 0 N–H and O–H groups in total. The molecule has 0 aliphatic carbocycles. The van der Waals surface area contributed by atoms with Gasteiger partial charge < -0.3 is 14.4 Å². The molecule has 0 spiro atoms. The summed E-state index contributed by atoms with van der Waals surface area (Å²) >= 11 is 0. The average Bonchev–Trinajstić information content (AvgIpc) is 2.40. The van der Waals surface area contributed by atoms with Crippen LogP contribution in [0.5, 0.6) is 5.75 Å². The SMILES string of the molecule is CC(Oc1[c]cccc1)C(=O)N1CCOCC1. The molecule has 1 aromatic rings. The van der Waals surface area contributed by atoms with E-state index in [4.69, 9.17) is 9.47 Å². The number of hydrogen-bond acceptors (Lipinski definition) is 3. The van der Waals surface area contributed by atoms with Crippen molar-refractivity contribution >= 4 is 5.91 Å². The Kier molecular flexibility index (Phi) is 3.98. The first-order chi connectivity index (χ1) is 8.27. The highest BCUT2D eigenvalue weighted by molar-refractivity contribution is 5.81. The van der Waals surface area contributed by atoms with Gasteiger partial charge in [-0.15, -0.1) is 0 Å². The van der Waals surface area contributed by atoms with Gasteiger partial charge in [0, 0.05) is 19.2 Å². The lowest BCUT2D eigenvalue weighted by Gasteiger charge is -2.29. The molecule has 1 fully saturated rings. The lowest BCUT2D eigenvalue weighted by atomic mass is 10.3. The van der Waals surface area contributed by atoms with E-state index in [0.717, 1.165) is 0 Å². The second-order valence-corrected chi connectivity index (χ2v) is 3.92. The van der Waals surface area contributed by atoms with Crippen LogP contribution in [-0.4, -0.2) is 43.2 Å². The van der Waals surface area contributed by atoms with Crippen molar-refractivity contribution in [1.29, 1.82) is 0 Å². The number of carbonyl (C=O) groups excluding carboxylic acids is 1. The van der Waals surface area contributed by atoms with Crippen LogP contribution in [0.2, 0.25) is 0 Å². The summed E-state index contributed by atoms with van der Waals surface area (Å²) in [5.74, 6) is 0.604. The third-order valence-corrected chi connectivity index (χ3v) is 2.65. The highest BCUT2D eigenvalue weighted by atomic mass is 16.5. The quantitative estimate of drug-likeness (QED) is 0.786. The molecule has 2 rings (SSSR count). The van der Waals surface area contributed by atoms with Crippen LogP contribution in [0.1, 0.15) is 6.92 Å². The van der Waals surface area contributed by atoms with Crippen molar-refractivity contribution in [2.75, 3.05) is 26.3 Å². The minimum Gasteiger partial charge on any atom is -0.480 e. The van der Waals surface area contributed by atoms with Crippen LogP contribution in [0.15, 0.2) is 24.3 Å². The van der Waals surface area contributed by atoms with E-state index < -0.39 is 6.10 Å². The Morgan fingerprint density at radius 1 is 1.47 bits per heavy atom. The minimum absolute atomic E-state index is 0.00514. The number of hydrogen-bond donors (Lipinski definition) is 0. The maximum absolute atomic E-state index is 12.0. The van der Waals surface area contributed by atoms with Gasteiger partial charge in [-0.1, -0.05) is 18.2 Å². The van der Waals surface area contributed by atoms with Gasteiger partial charge in [0.25, 0.3) is 5.91 Å². The second-order valence-electron chi connectivity index (χ2n) is 3.92. The maximum Gasteiger partial charge on any atom is 0.263 e. The average molecular weight is 234 g/mol. The summed E-state index contributed by atoms with van der Waals surface area (Å²) in [4.78, 5) is 13.8. The topological polar surface area (TPSA) is 38.8 Å². The van der Waals surface area contributed by atoms with Crippen molar-refractivity contribution in [3.63, 3.8) is 0 Å². The van der Waals surface area contributed by atoms with Gasteiger partial charge >= 0.3 is 0 Å². The normalized spacial score (nSPS) is 17.6. The fourth-order valence-electron chi connectivity index (χ4n) is 1.73. The Morgan fingerprint density at radius 3 is 2.88 bits per heavy atom. The molecule has 1 saturated heterocycles. The van der Waals surface area contributed by atoms with Crippen LogP contribution in [0, 0.1) is 6.07 Å². The molecular formula is C13H16NO3. The lowest BCUT2D eigenvalue weighted by Crippen LogP contribution is -2.46. The van der Waals surface area contributed by atoms with Crippen molar-refractivity contribution in [2.24, 2.45) is 0 Å². The van der Waals surface area contributed by atoms with E-state index >= 15 is 0 Å². The number of nitrogens with zero attached hydrogens (tertiary/aromatic N) is 1. The largest absolute Gasteiger partial charge is 0.480 e. The summed E-state index contributed by atoms with van der Waals surface area (Å²) in [5.41, 5.74) is 0. The smallest absolute Gasteiger partial charge is 0.263 e. The van der Waals surface area contributed by atoms with E-state index in [1.165, 1.54) is 0 Å². The van der Waals surface area contributed by atoms with Crippen molar-refractivity contribution in [3.05, 3.63) is 30.3 Å². The highest BCUT2D eigenvalue weighted by Gasteiger charge is 2.23. The first-order valence-corrected chi connectivity index (χ1v) is 5.77. The summed E-state index contributed by atoms with van der Waals surface area (Å²) in [6, 6.07) is 10.2. The molecule has 17 heavy (non-hydrogen) atoms. The first-order valence-electron chi connectivity index (χ1n) is 5.77. The Bertz CT molecular complexity index is 360. The number of benzene rings is 1. The molecule has 4 heteroatoms. The molecule has 1 aliphatic rings. The molecular weight excluding hydrogens is 218 g/mol. The summed E-state index contributed by atoms with van der Waals surface area (Å²) in [7, 11) is 0. The van der Waals surface area contributed by atoms with Gasteiger partial charge in [0.2, 0.25) is 0 Å². The van der Waals surface area contributed by atoms with Crippen LogP contribution in [0.25, 0.3) is 0 Å². The zero-order valence-corrected chi connectivity index (χ0v) is 9.89. The predicted molar refractivity (Wildman–Crippen MR) is 62.8 cm³/mol. The third kappa shape index (κ3) is 3.20. The molecule has 91 valence electrons. The standard InChI is InChI=1S/C13H16NO3/c1-11(17-12-5-3-2-4-6-12)13(15)14-7-9-16-10-8-14/h2-5,11H,7-10H2,1H3. The molecule has 0 bridgehead atoms. The fraction of sp³-hybridized carbons (Fsp3) is 0.462. The number of morpholine rings is 1. The van der Waals surface area contributed by atoms with E-state index in [9.17, 15) is 4.79 Å². The number of carbonyl (C=O) groups is 1. The summed E-state index contributed by atoms with van der Waals surface area (Å²) in [6.07, 6.45) is -0.480. The van der Waals surface area contributed by atoms with Gasteiger partial charge in [0.1, 0.15) is 5.75 Å². The minimum atomic E-state index is -0.480. The molecule has 0 saturated carbocycles. The Morgan fingerprint density at radius 2 is 2.24 bits per heavy atom. The number of amides is 1. The summed E-state index contributed by atoms with van der Waals surface area (Å²) < 4.78 is 10.7. The van der Waals surface area contributed by atoms with Gasteiger partial charge in [-0.05, 0) is 13.0 Å². The highest BCUT2D eigenvalue weighted by Crippen LogP contribution is 2.11. The number of para-hydroxylation sites is 1. The van der Waals surface area contributed by atoms with Gasteiger partial charge in [-0.3, -0.25) is 4.79 Å². The van der Waals surface area contributed by atoms with Crippen LogP contribution < -0.4 is 4.74 Å². The molecule has 1 radical (unpaired) electrons. The van der Waals surface area contributed by atoms with E-state index in [-0.39, 0.29) is 5.91 Å². The Balaban J connectivity index is 1.90. The van der Waals surface area contributed by atoms with Gasteiger partial charge in [0.05, 0.1) is 13.2 Å². The van der Waals surface area contributed by atoms with E-state index in [1.807, 2.05) is 12.1 Å². The van der Waals surface area contributed by atoms with Gasteiger partial charge in [-0.25, -0.2) is 0 Å². The van der Waals surface area contributed by atoms with E-state index in [0.29, 0.717) is 32.1 Å². The van der Waals surface area contributed by atoms with Crippen LogP contribution in [0.3, 0.4) is 0 Å². The van der Waals surface area contributed by atoms with Crippen LogP contribution in [0.4, 0.5) is 0 Å². The van der Waals surface area contributed by atoms with E-state index in [2.05, 4.69) is 6.07 Å². The molecule has 1 aromatic carbocycles. The monoisotopic (exact) mass is 234 g/mol. The zero-order chi connectivity index (χ0) is 12.1. The van der Waals surface area contributed by atoms with Crippen LogP contribution in [-0.2, 0) is 9.53 Å². The van der Waals surface area contributed by atoms with Crippen molar-refractivity contribution in [1.82, 2.24) is 4.90 Å². The van der Waals surface area contributed by atoms with Crippen molar-refractivity contribution in [2.45, 2.75) is 13.0 Å². The Hall–Kier alpha value is -1.55. The third-order valence-electron chi connectivity index (χ3n) is 2.65. The van der Waals surface area contributed by atoms with Gasteiger partial charge in [0.15, 0.2) is 6.10 Å². The molecule has 1 aliphatic heterocycles. The van der Waals surface area contributed by atoms with Crippen molar-refractivity contribution < 1.29 is 14.3 Å². The Labute approximate surface area is 101 Å². The fourth-order valence-corrected chi connectivity index (χ4v) is 1.73. The van der Waals surface area contributed by atoms with Crippen molar-refractivity contribution in [3.8, 4) is 5.75 Å². The maximum atomic E-state index is 12.0. The molecule has 4 nitrogen and oxygen atoms in total. The first kappa shape index (κ1) is 11.9. The molecule has 1 unspecified atom stereocenters. The molecule has 0 aromatic heterocycles. The molecule has 1 amide bonds. The molecule has 1 heterocycles. The second kappa shape index (κ2) is 5.68.